The second-order valence-electron chi connectivity index (χ2n) is 5.74. The molecule has 0 saturated carbocycles. The summed E-state index contributed by atoms with van der Waals surface area (Å²) >= 11 is 0. The minimum Gasteiger partial charge on any atom is -0.362 e. The van der Waals surface area contributed by atoms with Gasteiger partial charge < -0.3 is 8.37 Å². The van der Waals surface area contributed by atoms with Gasteiger partial charge in [0.05, 0.1) is 0 Å². The number of hydrogen-bond acceptors (Lipinski definition) is 6. The minimum absolute atomic E-state index is 0. The molecule has 0 heterocycles. The van der Waals surface area contributed by atoms with Crippen molar-refractivity contribution in [2.75, 3.05) is 0 Å². The van der Waals surface area contributed by atoms with Crippen LogP contribution in [0.2, 0.25) is 0 Å². The molecule has 0 spiro atoms. The maximum Gasteiger partial charge on any atom is 0.446 e. The fourth-order valence-corrected chi connectivity index (χ4v) is 3.56. The summed E-state index contributed by atoms with van der Waals surface area (Å²) in [7, 11) is -9.16. The second-order valence-corrected chi connectivity index (χ2v) is 7.78. The van der Waals surface area contributed by atoms with Crippen molar-refractivity contribution < 1.29 is 34.3 Å². The summed E-state index contributed by atoms with van der Waals surface area (Å²) < 4.78 is 69.5. The molecular formula is C18H20Na2O8S2. The third kappa shape index (κ3) is 9.39. The maximum atomic E-state index is 10.8. The van der Waals surface area contributed by atoms with Crippen molar-refractivity contribution in [1.29, 1.82) is 0 Å². The van der Waals surface area contributed by atoms with Gasteiger partial charge in [0.1, 0.15) is 11.5 Å². The van der Waals surface area contributed by atoms with E-state index in [1.807, 2.05) is 13.8 Å². The first-order valence-electron chi connectivity index (χ1n) is 8.29. The molecule has 0 aromatic heterocycles. The van der Waals surface area contributed by atoms with Crippen LogP contribution in [0.1, 0.15) is 37.8 Å². The molecule has 0 atom stereocenters. The fraction of sp³-hybridized carbons (Fsp3) is 0.222. The van der Waals surface area contributed by atoms with Crippen molar-refractivity contribution in [3.05, 3.63) is 59.7 Å². The Kier molecular flexibility index (Phi) is 12.4. The predicted octanol–water partition coefficient (Wildman–Crippen LogP) is 3.02. The first-order valence-corrected chi connectivity index (χ1v) is 11.0. The average Bonchev–Trinajstić information content (AvgIpc) is 2.59. The number of allylic oxidation sites excluding steroid dienone is 2. The Morgan fingerprint density at radius 3 is 1.13 bits per heavy atom. The van der Waals surface area contributed by atoms with Crippen LogP contribution in [0.5, 0.6) is 11.5 Å². The summed E-state index contributed by atoms with van der Waals surface area (Å²) in [6.07, 6.45) is 1.37. The van der Waals surface area contributed by atoms with Crippen molar-refractivity contribution in [1.82, 2.24) is 0 Å². The van der Waals surface area contributed by atoms with E-state index < -0.39 is 20.8 Å². The van der Waals surface area contributed by atoms with E-state index in [1.165, 1.54) is 24.3 Å². The summed E-state index contributed by atoms with van der Waals surface area (Å²) in [5, 5.41) is 0. The molecule has 0 aliphatic carbocycles. The molecule has 2 radical (unpaired) electrons. The molecule has 0 aliphatic heterocycles. The van der Waals surface area contributed by atoms with Gasteiger partial charge in [-0.05, 0) is 59.4 Å². The van der Waals surface area contributed by atoms with Gasteiger partial charge in [-0.15, -0.1) is 0 Å². The Morgan fingerprint density at radius 2 is 0.933 bits per heavy atom. The fourth-order valence-electron chi connectivity index (χ4n) is 2.85. The molecule has 12 heteroatoms. The van der Waals surface area contributed by atoms with Gasteiger partial charge >= 0.3 is 20.8 Å². The molecule has 0 aliphatic rings. The second kappa shape index (κ2) is 12.6. The molecule has 0 unspecified atom stereocenters. The van der Waals surface area contributed by atoms with Gasteiger partial charge in [-0.1, -0.05) is 38.1 Å². The van der Waals surface area contributed by atoms with Crippen LogP contribution >= 0.6 is 0 Å². The molecule has 30 heavy (non-hydrogen) atoms. The zero-order chi connectivity index (χ0) is 20.9. The normalized spacial score (nSPS) is 12.1. The van der Waals surface area contributed by atoms with E-state index in [0.717, 1.165) is 22.3 Å². The number of benzene rings is 2. The van der Waals surface area contributed by atoms with Crippen LogP contribution in [0, 0.1) is 0 Å². The van der Waals surface area contributed by atoms with E-state index in [4.69, 9.17) is 9.11 Å². The van der Waals surface area contributed by atoms with Crippen molar-refractivity contribution in [3.63, 3.8) is 0 Å². The zero-order valence-electron chi connectivity index (χ0n) is 17.2. The van der Waals surface area contributed by atoms with Gasteiger partial charge in [0, 0.05) is 59.1 Å². The average molecular weight is 474 g/mol. The summed E-state index contributed by atoms with van der Waals surface area (Å²) in [6, 6.07) is 12.5. The first-order chi connectivity index (χ1) is 13.0. The molecule has 2 rings (SSSR count). The number of rotatable bonds is 8. The third-order valence-electron chi connectivity index (χ3n) is 3.88. The SMILES string of the molecule is CCC(=C(CC)c1ccc(OS(=O)(=O)O)cc1)c1ccc(OS(=O)(=O)O)cc1.[Na].[Na]. The van der Waals surface area contributed by atoms with Crippen molar-refractivity contribution in [2.24, 2.45) is 0 Å². The Morgan fingerprint density at radius 1 is 0.667 bits per heavy atom. The maximum absolute atomic E-state index is 10.8. The molecule has 0 amide bonds. The summed E-state index contributed by atoms with van der Waals surface area (Å²) in [5.41, 5.74) is 3.70. The van der Waals surface area contributed by atoms with Crippen LogP contribution in [0.15, 0.2) is 48.5 Å². The van der Waals surface area contributed by atoms with Crippen LogP contribution in [-0.2, 0) is 20.8 Å². The van der Waals surface area contributed by atoms with Crippen LogP contribution in [0.3, 0.4) is 0 Å². The van der Waals surface area contributed by atoms with Gasteiger partial charge in [-0.3, -0.25) is 9.11 Å². The van der Waals surface area contributed by atoms with Gasteiger partial charge in [0.2, 0.25) is 0 Å². The van der Waals surface area contributed by atoms with E-state index in [9.17, 15) is 16.8 Å². The van der Waals surface area contributed by atoms with Crippen LogP contribution in [-0.4, -0.2) is 85.1 Å². The molecule has 0 bridgehead atoms. The largest absolute Gasteiger partial charge is 0.446 e. The molecular weight excluding hydrogens is 454 g/mol. The molecule has 2 aromatic carbocycles. The van der Waals surface area contributed by atoms with Gasteiger partial charge in [-0.25, -0.2) is 0 Å². The molecule has 2 aromatic rings. The topological polar surface area (TPSA) is 127 Å². The quantitative estimate of drug-likeness (QED) is 0.340. The Bertz CT molecular complexity index is 975. The van der Waals surface area contributed by atoms with Gasteiger partial charge in [-0.2, -0.15) is 16.8 Å². The molecule has 154 valence electrons. The minimum atomic E-state index is -4.58. The van der Waals surface area contributed by atoms with E-state index in [2.05, 4.69) is 8.37 Å². The van der Waals surface area contributed by atoms with E-state index in [1.54, 1.807) is 24.3 Å². The van der Waals surface area contributed by atoms with E-state index in [0.29, 0.717) is 12.8 Å². The van der Waals surface area contributed by atoms with Gasteiger partial charge in [0.25, 0.3) is 0 Å². The number of hydrogen-bond donors (Lipinski definition) is 2. The summed E-state index contributed by atoms with van der Waals surface area (Å²) in [5.74, 6) is -0.0158. The standard InChI is InChI=1S/C18H20O8S2.2Na/c1-3-17(13-5-9-15(10-6-13)25-27(19,20)21)18(4-2)14-7-11-16(12-8-14)26-28(22,23)24;;/h5-12H,3-4H2,1-2H3,(H,19,20,21)(H,22,23,24);;. The Balaban J connectivity index is 0.00000420. The van der Waals surface area contributed by atoms with Gasteiger partial charge in [0.15, 0.2) is 0 Å². The molecule has 8 nitrogen and oxygen atoms in total. The molecule has 2 N–H and O–H groups in total. The molecule has 0 fully saturated rings. The predicted molar refractivity (Wildman–Crippen MR) is 116 cm³/mol. The third-order valence-corrected chi connectivity index (χ3v) is 4.69. The Hall–Kier alpha value is -0.400. The van der Waals surface area contributed by atoms with Crippen molar-refractivity contribution in [3.8, 4) is 11.5 Å². The summed E-state index contributed by atoms with van der Waals surface area (Å²) in [4.78, 5) is 0. The van der Waals surface area contributed by atoms with E-state index in [-0.39, 0.29) is 70.6 Å². The Labute approximate surface area is 221 Å². The monoisotopic (exact) mass is 474 g/mol. The van der Waals surface area contributed by atoms with Crippen LogP contribution in [0.4, 0.5) is 0 Å². The van der Waals surface area contributed by atoms with Crippen molar-refractivity contribution in [2.45, 2.75) is 26.7 Å². The molecule has 0 saturated heterocycles. The van der Waals surface area contributed by atoms with Crippen molar-refractivity contribution >= 4 is 91.1 Å². The smallest absolute Gasteiger partial charge is 0.362 e. The van der Waals surface area contributed by atoms with Crippen LogP contribution in [0.25, 0.3) is 11.1 Å². The van der Waals surface area contributed by atoms with E-state index >= 15 is 0 Å². The zero-order valence-corrected chi connectivity index (χ0v) is 22.8. The van der Waals surface area contributed by atoms with Crippen LogP contribution < -0.4 is 8.37 Å². The first kappa shape index (κ1) is 29.6. The summed E-state index contributed by atoms with van der Waals surface area (Å²) in [6.45, 7) is 3.95.